The first-order valence-corrected chi connectivity index (χ1v) is 4.79. The molecular weight excluding hydrogens is 211 g/mol. The molecule has 0 amide bonds. The van der Waals surface area contributed by atoms with Gasteiger partial charge in [0, 0.05) is 19.6 Å². The van der Waals surface area contributed by atoms with Gasteiger partial charge in [-0.25, -0.2) is 4.39 Å². The van der Waals surface area contributed by atoms with Crippen molar-refractivity contribution in [2.45, 2.75) is 6.42 Å². The first-order valence-electron chi connectivity index (χ1n) is 4.79. The number of ether oxygens (including phenoxy) is 2. The zero-order valence-electron chi connectivity index (χ0n) is 9.00. The molecule has 3 nitrogen and oxygen atoms in total. The van der Waals surface area contributed by atoms with Crippen molar-refractivity contribution in [1.82, 2.24) is 0 Å². The minimum Gasteiger partial charge on any atom is -0.467 e. The lowest BCUT2D eigenvalue weighted by Gasteiger charge is -2.04. The number of aliphatic hydroxyl groups excluding tert-OH is 1. The van der Waals surface area contributed by atoms with Crippen LogP contribution in [0.4, 0.5) is 4.39 Å². The van der Waals surface area contributed by atoms with Crippen LogP contribution < -0.4 is 4.74 Å². The Labute approximate surface area is 93.8 Å². The highest BCUT2D eigenvalue weighted by Gasteiger charge is 2.01. The van der Waals surface area contributed by atoms with Crippen molar-refractivity contribution in [3.05, 3.63) is 29.6 Å². The Morgan fingerprint density at radius 3 is 2.88 bits per heavy atom. The van der Waals surface area contributed by atoms with E-state index in [-0.39, 0.29) is 13.4 Å². The Kier molecular flexibility index (Phi) is 5.34. The van der Waals surface area contributed by atoms with E-state index in [0.29, 0.717) is 17.7 Å². The minimum atomic E-state index is -0.445. The summed E-state index contributed by atoms with van der Waals surface area (Å²) in [4.78, 5) is 0. The van der Waals surface area contributed by atoms with Crippen LogP contribution in [0.3, 0.4) is 0 Å². The van der Waals surface area contributed by atoms with Gasteiger partial charge >= 0.3 is 0 Å². The van der Waals surface area contributed by atoms with Gasteiger partial charge in [0.25, 0.3) is 0 Å². The van der Waals surface area contributed by atoms with Gasteiger partial charge < -0.3 is 14.6 Å². The summed E-state index contributed by atoms with van der Waals surface area (Å²) >= 11 is 0. The smallest absolute Gasteiger partial charge is 0.188 e. The Hall–Kier alpha value is -1.57. The molecule has 4 heteroatoms. The summed E-state index contributed by atoms with van der Waals surface area (Å²) < 4.78 is 23.2. The molecular formula is C12H13FO3. The summed E-state index contributed by atoms with van der Waals surface area (Å²) in [6, 6.07) is 4.40. The standard InChI is InChI=1S/C12H13FO3/c1-15-9-16-11-6-5-10(12(13)8-11)4-2-3-7-14/h5-6,8,14H,3,7,9H2,1H3. The molecule has 0 unspecified atom stereocenters. The van der Waals surface area contributed by atoms with E-state index in [9.17, 15) is 4.39 Å². The molecule has 0 saturated carbocycles. The number of aliphatic hydroxyl groups is 1. The number of benzene rings is 1. The fourth-order valence-electron chi connectivity index (χ4n) is 1.03. The molecule has 1 rings (SSSR count). The second kappa shape index (κ2) is 6.83. The molecule has 0 spiro atoms. The van der Waals surface area contributed by atoms with Gasteiger partial charge in [0.15, 0.2) is 6.79 Å². The van der Waals surface area contributed by atoms with Gasteiger partial charge in [-0.3, -0.25) is 0 Å². The summed E-state index contributed by atoms with van der Waals surface area (Å²) in [6.45, 7) is 0.0542. The molecule has 0 bridgehead atoms. The summed E-state index contributed by atoms with van der Waals surface area (Å²) in [5.74, 6) is 5.22. The number of rotatable bonds is 4. The molecule has 0 radical (unpaired) electrons. The van der Waals surface area contributed by atoms with E-state index in [1.54, 1.807) is 6.07 Å². The maximum atomic E-state index is 13.4. The number of hydrogen-bond donors (Lipinski definition) is 1. The third-order valence-corrected chi connectivity index (χ3v) is 1.74. The normalized spacial score (nSPS) is 9.44. The summed E-state index contributed by atoms with van der Waals surface area (Å²) in [6.07, 6.45) is 0.335. The van der Waals surface area contributed by atoms with Gasteiger partial charge in [-0.15, -0.1) is 0 Å². The average Bonchev–Trinajstić information content (AvgIpc) is 2.29. The topological polar surface area (TPSA) is 38.7 Å². The van der Waals surface area contributed by atoms with Gasteiger partial charge in [-0.2, -0.15) is 0 Å². The molecule has 0 heterocycles. The lowest BCUT2D eigenvalue weighted by molar-refractivity contribution is 0.0509. The second-order valence-electron chi connectivity index (χ2n) is 2.97. The first kappa shape index (κ1) is 12.5. The summed E-state index contributed by atoms with van der Waals surface area (Å²) in [5.41, 5.74) is 0.290. The van der Waals surface area contributed by atoms with Crippen LogP contribution in [0.15, 0.2) is 18.2 Å². The zero-order valence-corrected chi connectivity index (χ0v) is 9.00. The van der Waals surface area contributed by atoms with Gasteiger partial charge in [-0.1, -0.05) is 11.8 Å². The van der Waals surface area contributed by atoms with Gasteiger partial charge in [0.05, 0.1) is 12.2 Å². The van der Waals surface area contributed by atoms with Crippen LogP contribution in [-0.2, 0) is 4.74 Å². The molecule has 1 aromatic rings. The molecule has 0 aliphatic heterocycles. The fourth-order valence-corrected chi connectivity index (χ4v) is 1.03. The van der Waals surface area contributed by atoms with Gasteiger partial charge in [0.1, 0.15) is 11.6 Å². The maximum Gasteiger partial charge on any atom is 0.188 e. The van der Waals surface area contributed by atoms with Gasteiger partial charge in [0.2, 0.25) is 0 Å². The molecule has 1 aromatic carbocycles. The monoisotopic (exact) mass is 224 g/mol. The van der Waals surface area contributed by atoms with Crippen LogP contribution in [-0.4, -0.2) is 25.6 Å². The molecule has 0 aliphatic carbocycles. The molecule has 0 aromatic heterocycles. The van der Waals surface area contributed by atoms with Crippen molar-refractivity contribution in [2.24, 2.45) is 0 Å². The third-order valence-electron chi connectivity index (χ3n) is 1.74. The van der Waals surface area contributed by atoms with Crippen molar-refractivity contribution in [3.8, 4) is 17.6 Å². The molecule has 0 aliphatic rings. The quantitative estimate of drug-likeness (QED) is 0.623. The number of hydrogen-bond acceptors (Lipinski definition) is 3. The van der Waals surface area contributed by atoms with Crippen molar-refractivity contribution in [3.63, 3.8) is 0 Å². The van der Waals surface area contributed by atoms with E-state index in [0.717, 1.165) is 0 Å². The molecule has 16 heavy (non-hydrogen) atoms. The highest BCUT2D eigenvalue weighted by Crippen LogP contribution is 2.15. The van der Waals surface area contributed by atoms with Crippen molar-refractivity contribution in [2.75, 3.05) is 20.5 Å². The van der Waals surface area contributed by atoms with E-state index in [2.05, 4.69) is 11.8 Å². The van der Waals surface area contributed by atoms with Crippen LogP contribution in [0, 0.1) is 17.7 Å². The van der Waals surface area contributed by atoms with E-state index in [4.69, 9.17) is 14.6 Å². The third kappa shape index (κ3) is 3.89. The van der Waals surface area contributed by atoms with E-state index >= 15 is 0 Å². The predicted molar refractivity (Wildman–Crippen MR) is 57.5 cm³/mol. The Balaban J connectivity index is 2.72. The maximum absolute atomic E-state index is 13.4. The van der Waals surface area contributed by atoms with E-state index < -0.39 is 5.82 Å². The fraction of sp³-hybridized carbons (Fsp3) is 0.333. The Morgan fingerprint density at radius 2 is 2.25 bits per heavy atom. The first-order chi connectivity index (χ1) is 7.77. The zero-order chi connectivity index (χ0) is 11.8. The Morgan fingerprint density at radius 1 is 1.44 bits per heavy atom. The summed E-state index contributed by atoms with van der Waals surface area (Å²) in [7, 11) is 1.49. The van der Waals surface area contributed by atoms with Crippen molar-refractivity contribution in [1.29, 1.82) is 0 Å². The molecule has 0 atom stereocenters. The largest absolute Gasteiger partial charge is 0.467 e. The highest BCUT2D eigenvalue weighted by molar-refractivity contribution is 5.39. The summed E-state index contributed by atoms with van der Waals surface area (Å²) in [5, 5.41) is 8.52. The SMILES string of the molecule is COCOc1ccc(C#CCCO)c(F)c1. The second-order valence-corrected chi connectivity index (χ2v) is 2.97. The molecule has 0 saturated heterocycles. The average molecular weight is 224 g/mol. The Bertz CT molecular complexity index is 393. The molecule has 1 N–H and O–H groups in total. The number of halogens is 1. The number of methoxy groups -OCH3 is 1. The van der Waals surface area contributed by atoms with Crippen molar-refractivity contribution >= 4 is 0 Å². The van der Waals surface area contributed by atoms with Crippen LogP contribution in [0.2, 0.25) is 0 Å². The minimum absolute atomic E-state index is 0.0242. The lowest BCUT2D eigenvalue weighted by atomic mass is 10.2. The lowest BCUT2D eigenvalue weighted by Crippen LogP contribution is -1.99. The molecule has 0 fully saturated rings. The van der Waals surface area contributed by atoms with Crippen LogP contribution in [0.25, 0.3) is 0 Å². The highest BCUT2D eigenvalue weighted by atomic mass is 19.1. The van der Waals surface area contributed by atoms with E-state index in [1.807, 2.05) is 0 Å². The van der Waals surface area contributed by atoms with Crippen LogP contribution >= 0.6 is 0 Å². The molecule has 86 valence electrons. The van der Waals surface area contributed by atoms with Gasteiger partial charge in [-0.05, 0) is 12.1 Å². The predicted octanol–water partition coefficient (Wildman–Crippen LogP) is 1.54. The van der Waals surface area contributed by atoms with Crippen LogP contribution in [0.5, 0.6) is 5.75 Å². The van der Waals surface area contributed by atoms with Crippen molar-refractivity contribution < 1.29 is 19.0 Å². The van der Waals surface area contributed by atoms with E-state index in [1.165, 1.54) is 19.2 Å². The van der Waals surface area contributed by atoms with Crippen LogP contribution in [0.1, 0.15) is 12.0 Å².